The molecule has 94 valence electrons. The molecule has 0 aliphatic carbocycles. The second-order valence-electron chi connectivity index (χ2n) is 5.31. The largest absolute Gasteiger partial charge is 0.481 e. The van der Waals surface area contributed by atoms with Crippen LogP contribution in [0.4, 0.5) is 0 Å². The fraction of sp³-hybridized carbons (Fsp3) is 0.917. The van der Waals surface area contributed by atoms with Crippen LogP contribution in [0.15, 0.2) is 0 Å². The van der Waals surface area contributed by atoms with E-state index in [2.05, 4.69) is 12.2 Å². The number of carboxylic acid groups (broad SMARTS) is 1. The highest BCUT2D eigenvalue weighted by atomic mass is 16.5. The highest BCUT2D eigenvalue weighted by molar-refractivity contribution is 5.73. The molecule has 1 rings (SSSR count). The molecule has 1 heterocycles. The van der Waals surface area contributed by atoms with Crippen LogP contribution >= 0.6 is 0 Å². The molecule has 1 atom stereocenters. The van der Waals surface area contributed by atoms with Gasteiger partial charge in [-0.15, -0.1) is 0 Å². The summed E-state index contributed by atoms with van der Waals surface area (Å²) < 4.78 is 5.31. The monoisotopic (exact) mass is 229 g/mol. The van der Waals surface area contributed by atoms with E-state index in [0.717, 1.165) is 26.1 Å². The molecule has 0 bridgehead atoms. The average molecular weight is 229 g/mol. The Hall–Kier alpha value is -0.610. The van der Waals surface area contributed by atoms with Gasteiger partial charge in [0, 0.05) is 25.8 Å². The van der Waals surface area contributed by atoms with Crippen LogP contribution in [-0.4, -0.2) is 36.9 Å². The maximum Gasteiger partial charge on any atom is 0.310 e. The van der Waals surface area contributed by atoms with E-state index in [1.165, 1.54) is 0 Å². The molecule has 0 radical (unpaired) electrons. The molecule has 0 saturated carbocycles. The summed E-state index contributed by atoms with van der Waals surface area (Å²) in [5.74, 6) is -0.141. The number of hydrogen-bond acceptors (Lipinski definition) is 3. The molecular weight excluding hydrogens is 206 g/mol. The predicted octanol–water partition coefficient (Wildman–Crippen LogP) is 1.50. The molecule has 16 heavy (non-hydrogen) atoms. The molecular formula is C12H23NO3. The minimum atomic E-state index is -0.751. The van der Waals surface area contributed by atoms with Crippen LogP contribution in [0.5, 0.6) is 0 Å². The number of nitrogens with one attached hydrogen (secondary N) is 1. The SMILES string of the molecule is CC(NCC(C)(C)C(=O)O)C1CCOCC1. The van der Waals surface area contributed by atoms with Crippen molar-refractivity contribution in [3.63, 3.8) is 0 Å². The lowest BCUT2D eigenvalue weighted by Crippen LogP contribution is -2.43. The maximum absolute atomic E-state index is 10.9. The molecule has 1 unspecified atom stereocenters. The molecule has 2 N–H and O–H groups in total. The van der Waals surface area contributed by atoms with E-state index >= 15 is 0 Å². The Morgan fingerprint density at radius 2 is 2.06 bits per heavy atom. The molecule has 0 aromatic heterocycles. The number of hydrogen-bond donors (Lipinski definition) is 2. The van der Waals surface area contributed by atoms with E-state index in [1.807, 2.05) is 0 Å². The molecule has 4 heteroatoms. The van der Waals surface area contributed by atoms with Crippen molar-refractivity contribution in [2.45, 2.75) is 39.7 Å². The first kappa shape index (κ1) is 13.5. The Bertz CT molecular complexity index is 234. The van der Waals surface area contributed by atoms with Gasteiger partial charge in [-0.25, -0.2) is 0 Å². The van der Waals surface area contributed by atoms with Crippen molar-refractivity contribution in [1.29, 1.82) is 0 Å². The van der Waals surface area contributed by atoms with Crippen molar-refractivity contribution in [2.75, 3.05) is 19.8 Å². The van der Waals surface area contributed by atoms with Crippen LogP contribution < -0.4 is 5.32 Å². The van der Waals surface area contributed by atoms with Crippen LogP contribution in [-0.2, 0) is 9.53 Å². The van der Waals surface area contributed by atoms with E-state index in [-0.39, 0.29) is 0 Å². The van der Waals surface area contributed by atoms with Gasteiger partial charge >= 0.3 is 5.97 Å². The van der Waals surface area contributed by atoms with Crippen LogP contribution in [0.1, 0.15) is 33.6 Å². The highest BCUT2D eigenvalue weighted by Crippen LogP contribution is 2.20. The standard InChI is InChI=1S/C12H23NO3/c1-9(10-4-6-16-7-5-10)13-8-12(2,3)11(14)15/h9-10,13H,4-8H2,1-3H3,(H,14,15). The van der Waals surface area contributed by atoms with Gasteiger partial charge in [-0.2, -0.15) is 0 Å². The van der Waals surface area contributed by atoms with Crippen LogP contribution in [0.25, 0.3) is 0 Å². The number of aliphatic carboxylic acids is 1. The molecule has 4 nitrogen and oxygen atoms in total. The number of carbonyl (C=O) groups is 1. The average Bonchev–Trinajstić information content (AvgIpc) is 2.27. The summed E-state index contributed by atoms with van der Waals surface area (Å²) in [5.41, 5.74) is -0.695. The van der Waals surface area contributed by atoms with E-state index in [1.54, 1.807) is 13.8 Å². The van der Waals surface area contributed by atoms with Gasteiger partial charge in [0.1, 0.15) is 0 Å². The van der Waals surface area contributed by atoms with Gasteiger partial charge in [0.2, 0.25) is 0 Å². The van der Waals surface area contributed by atoms with Gasteiger partial charge < -0.3 is 15.2 Å². The fourth-order valence-electron chi connectivity index (χ4n) is 1.87. The summed E-state index contributed by atoms with van der Waals surface area (Å²) in [6.45, 7) is 7.81. The zero-order chi connectivity index (χ0) is 12.2. The zero-order valence-electron chi connectivity index (χ0n) is 10.5. The van der Waals surface area contributed by atoms with Gasteiger partial charge in [0.15, 0.2) is 0 Å². The van der Waals surface area contributed by atoms with Crippen LogP contribution in [0, 0.1) is 11.3 Å². The fourth-order valence-corrected chi connectivity index (χ4v) is 1.87. The lowest BCUT2D eigenvalue weighted by Gasteiger charge is -2.30. The normalized spacial score (nSPS) is 20.7. The summed E-state index contributed by atoms with van der Waals surface area (Å²) in [7, 11) is 0. The number of rotatable bonds is 5. The molecule has 1 saturated heterocycles. The quantitative estimate of drug-likeness (QED) is 0.750. The summed E-state index contributed by atoms with van der Waals surface area (Å²) in [5, 5.41) is 12.3. The molecule has 0 aromatic carbocycles. The minimum absolute atomic E-state index is 0.363. The smallest absolute Gasteiger partial charge is 0.310 e. The lowest BCUT2D eigenvalue weighted by atomic mass is 9.90. The zero-order valence-corrected chi connectivity index (χ0v) is 10.5. The first-order valence-electron chi connectivity index (χ1n) is 5.98. The Balaban J connectivity index is 2.33. The van der Waals surface area contributed by atoms with Crippen molar-refractivity contribution in [1.82, 2.24) is 5.32 Å². The van der Waals surface area contributed by atoms with E-state index in [9.17, 15) is 4.79 Å². The van der Waals surface area contributed by atoms with Crippen molar-refractivity contribution in [2.24, 2.45) is 11.3 Å². The second kappa shape index (κ2) is 5.64. The van der Waals surface area contributed by atoms with Gasteiger partial charge in [-0.1, -0.05) is 0 Å². The summed E-state index contributed by atoms with van der Waals surface area (Å²) in [6, 6.07) is 0.363. The molecule has 0 aromatic rings. The molecule has 0 amide bonds. The first-order chi connectivity index (χ1) is 7.43. The molecule has 1 fully saturated rings. The second-order valence-corrected chi connectivity index (χ2v) is 5.31. The summed E-state index contributed by atoms with van der Waals surface area (Å²) >= 11 is 0. The highest BCUT2D eigenvalue weighted by Gasteiger charge is 2.28. The van der Waals surface area contributed by atoms with E-state index in [4.69, 9.17) is 9.84 Å². The van der Waals surface area contributed by atoms with E-state index in [0.29, 0.717) is 18.5 Å². The van der Waals surface area contributed by atoms with Crippen molar-refractivity contribution in [3.8, 4) is 0 Å². The van der Waals surface area contributed by atoms with Crippen molar-refractivity contribution in [3.05, 3.63) is 0 Å². The topological polar surface area (TPSA) is 58.6 Å². The summed E-state index contributed by atoms with van der Waals surface area (Å²) in [4.78, 5) is 10.9. The number of ether oxygens (including phenoxy) is 1. The first-order valence-corrected chi connectivity index (χ1v) is 5.98. The third kappa shape index (κ3) is 3.76. The maximum atomic E-state index is 10.9. The molecule has 1 aliphatic rings. The van der Waals surface area contributed by atoms with E-state index < -0.39 is 11.4 Å². The molecule has 0 spiro atoms. The lowest BCUT2D eigenvalue weighted by molar-refractivity contribution is -0.146. The van der Waals surface area contributed by atoms with Gasteiger partial charge in [-0.05, 0) is 39.5 Å². The van der Waals surface area contributed by atoms with Crippen LogP contribution in [0.2, 0.25) is 0 Å². The van der Waals surface area contributed by atoms with Crippen LogP contribution in [0.3, 0.4) is 0 Å². The molecule has 1 aliphatic heterocycles. The van der Waals surface area contributed by atoms with Crippen molar-refractivity contribution < 1.29 is 14.6 Å². The third-order valence-corrected chi connectivity index (χ3v) is 3.42. The predicted molar refractivity (Wildman–Crippen MR) is 62.4 cm³/mol. The third-order valence-electron chi connectivity index (χ3n) is 3.42. The number of carboxylic acids is 1. The van der Waals surface area contributed by atoms with Gasteiger partial charge in [0.05, 0.1) is 5.41 Å². The Morgan fingerprint density at radius 1 is 1.50 bits per heavy atom. The summed E-state index contributed by atoms with van der Waals surface area (Å²) in [6.07, 6.45) is 2.14. The van der Waals surface area contributed by atoms with Crippen molar-refractivity contribution >= 4 is 5.97 Å². The van der Waals surface area contributed by atoms with Gasteiger partial charge in [-0.3, -0.25) is 4.79 Å². The van der Waals surface area contributed by atoms with Gasteiger partial charge in [0.25, 0.3) is 0 Å². The Labute approximate surface area is 97.4 Å². The Morgan fingerprint density at radius 3 is 2.56 bits per heavy atom. The minimum Gasteiger partial charge on any atom is -0.481 e. The Kier molecular flexibility index (Phi) is 4.74.